The molecule has 0 atom stereocenters. The monoisotopic (exact) mass is 289 g/mol. The minimum atomic E-state index is 0.266. The Morgan fingerprint density at radius 2 is 2.14 bits per heavy atom. The lowest BCUT2D eigenvalue weighted by Gasteiger charge is -2.12. The van der Waals surface area contributed by atoms with Crippen molar-refractivity contribution < 1.29 is 14.2 Å². The predicted molar refractivity (Wildman–Crippen MR) is 77.5 cm³/mol. The molecule has 6 heteroatoms. The third-order valence-corrected chi connectivity index (χ3v) is 3.27. The smallest absolute Gasteiger partial charge is 0.231 e. The summed E-state index contributed by atoms with van der Waals surface area (Å²) >= 11 is 0. The fourth-order valence-electron chi connectivity index (χ4n) is 2.21. The standard InChI is InChI=1S/C15H19N3O3/c1-3-16-7-12-4-14-15(21-10-20-14)5-13(12)19-9-11-6-17-18(2)8-11/h4-6,8,16H,3,7,9-10H2,1-2H3. The number of aromatic nitrogens is 2. The van der Waals surface area contributed by atoms with E-state index in [4.69, 9.17) is 14.2 Å². The number of benzene rings is 1. The maximum Gasteiger partial charge on any atom is 0.231 e. The molecule has 1 N–H and O–H groups in total. The Balaban J connectivity index is 1.78. The van der Waals surface area contributed by atoms with Crippen LogP contribution in [0.4, 0.5) is 0 Å². The minimum Gasteiger partial charge on any atom is -0.488 e. The Bertz CT molecular complexity index is 625. The Hall–Kier alpha value is -2.21. The summed E-state index contributed by atoms with van der Waals surface area (Å²) in [5.74, 6) is 2.32. The van der Waals surface area contributed by atoms with Gasteiger partial charge in [0.2, 0.25) is 6.79 Å². The van der Waals surface area contributed by atoms with Crippen molar-refractivity contribution in [1.82, 2.24) is 15.1 Å². The molecule has 1 aliphatic heterocycles. The molecule has 1 aromatic carbocycles. The highest BCUT2D eigenvalue weighted by molar-refractivity contribution is 5.51. The molecule has 112 valence electrons. The molecular weight excluding hydrogens is 270 g/mol. The number of nitrogens with one attached hydrogen (secondary N) is 1. The molecule has 0 fully saturated rings. The lowest BCUT2D eigenvalue weighted by molar-refractivity contribution is 0.173. The highest BCUT2D eigenvalue weighted by Crippen LogP contribution is 2.38. The molecule has 0 bridgehead atoms. The number of rotatable bonds is 6. The fraction of sp³-hybridized carbons (Fsp3) is 0.400. The lowest BCUT2D eigenvalue weighted by atomic mass is 10.1. The predicted octanol–water partition coefficient (Wildman–Crippen LogP) is 1.84. The van der Waals surface area contributed by atoms with E-state index in [-0.39, 0.29) is 6.79 Å². The summed E-state index contributed by atoms with van der Waals surface area (Å²) in [6.07, 6.45) is 3.74. The molecule has 0 spiro atoms. The van der Waals surface area contributed by atoms with Crippen LogP contribution < -0.4 is 19.5 Å². The number of aryl methyl sites for hydroxylation is 1. The van der Waals surface area contributed by atoms with Crippen LogP contribution in [0.2, 0.25) is 0 Å². The van der Waals surface area contributed by atoms with Crippen molar-refractivity contribution in [3.63, 3.8) is 0 Å². The van der Waals surface area contributed by atoms with Crippen LogP contribution in [0.25, 0.3) is 0 Å². The second-order valence-corrected chi connectivity index (χ2v) is 4.90. The summed E-state index contributed by atoms with van der Waals surface area (Å²) in [6.45, 7) is 4.45. The van der Waals surface area contributed by atoms with Gasteiger partial charge in [0.05, 0.1) is 6.20 Å². The van der Waals surface area contributed by atoms with E-state index in [1.54, 1.807) is 10.9 Å². The topological polar surface area (TPSA) is 57.5 Å². The molecule has 0 unspecified atom stereocenters. The normalized spacial score (nSPS) is 12.7. The quantitative estimate of drug-likeness (QED) is 0.879. The van der Waals surface area contributed by atoms with E-state index in [0.717, 1.165) is 41.5 Å². The molecule has 2 aromatic rings. The van der Waals surface area contributed by atoms with Gasteiger partial charge >= 0.3 is 0 Å². The SMILES string of the molecule is CCNCc1cc2c(cc1OCc1cnn(C)c1)OCO2. The van der Waals surface area contributed by atoms with Gasteiger partial charge in [-0.1, -0.05) is 6.92 Å². The first kappa shape index (κ1) is 13.8. The van der Waals surface area contributed by atoms with Crippen LogP contribution in [0, 0.1) is 0 Å². The van der Waals surface area contributed by atoms with Gasteiger partial charge in [0.25, 0.3) is 0 Å². The van der Waals surface area contributed by atoms with Gasteiger partial charge in [-0.3, -0.25) is 4.68 Å². The first-order valence-electron chi connectivity index (χ1n) is 7.00. The second-order valence-electron chi connectivity index (χ2n) is 4.90. The molecule has 1 aliphatic rings. The zero-order valence-corrected chi connectivity index (χ0v) is 12.3. The Morgan fingerprint density at radius 3 is 2.86 bits per heavy atom. The van der Waals surface area contributed by atoms with Crippen molar-refractivity contribution in [2.24, 2.45) is 7.05 Å². The van der Waals surface area contributed by atoms with Crippen molar-refractivity contribution in [2.45, 2.75) is 20.1 Å². The van der Waals surface area contributed by atoms with Gasteiger partial charge in [-0.25, -0.2) is 0 Å². The molecule has 21 heavy (non-hydrogen) atoms. The summed E-state index contributed by atoms with van der Waals surface area (Å²) in [7, 11) is 1.89. The molecule has 0 aliphatic carbocycles. The second kappa shape index (κ2) is 6.05. The van der Waals surface area contributed by atoms with Crippen LogP contribution in [-0.2, 0) is 20.2 Å². The summed E-state index contributed by atoms with van der Waals surface area (Å²) in [6, 6.07) is 3.87. The Labute approximate surface area is 123 Å². The van der Waals surface area contributed by atoms with Crippen LogP contribution in [0.5, 0.6) is 17.2 Å². The first-order chi connectivity index (χ1) is 10.3. The van der Waals surface area contributed by atoms with Crippen LogP contribution >= 0.6 is 0 Å². The van der Waals surface area contributed by atoms with Crippen LogP contribution in [0.15, 0.2) is 24.5 Å². The van der Waals surface area contributed by atoms with E-state index in [2.05, 4.69) is 17.3 Å². The fourth-order valence-corrected chi connectivity index (χ4v) is 2.21. The van der Waals surface area contributed by atoms with Crippen LogP contribution in [-0.4, -0.2) is 23.1 Å². The van der Waals surface area contributed by atoms with Gasteiger partial charge in [-0.2, -0.15) is 5.10 Å². The average Bonchev–Trinajstić information content (AvgIpc) is 3.10. The van der Waals surface area contributed by atoms with Gasteiger partial charge in [0.15, 0.2) is 11.5 Å². The van der Waals surface area contributed by atoms with E-state index in [9.17, 15) is 0 Å². The number of nitrogens with zero attached hydrogens (tertiary/aromatic N) is 2. The Kier molecular flexibility index (Phi) is 3.96. The van der Waals surface area contributed by atoms with Crippen molar-refractivity contribution in [2.75, 3.05) is 13.3 Å². The zero-order chi connectivity index (χ0) is 14.7. The van der Waals surface area contributed by atoms with E-state index in [1.165, 1.54) is 0 Å². The highest BCUT2D eigenvalue weighted by atomic mass is 16.7. The molecule has 1 aromatic heterocycles. The molecular formula is C15H19N3O3. The van der Waals surface area contributed by atoms with Gasteiger partial charge in [-0.15, -0.1) is 0 Å². The number of ether oxygens (including phenoxy) is 3. The summed E-state index contributed by atoms with van der Waals surface area (Å²) < 4.78 is 18.5. The minimum absolute atomic E-state index is 0.266. The molecule has 3 rings (SSSR count). The van der Waals surface area contributed by atoms with Gasteiger partial charge in [-0.05, 0) is 12.6 Å². The molecule has 6 nitrogen and oxygen atoms in total. The highest BCUT2D eigenvalue weighted by Gasteiger charge is 2.18. The summed E-state index contributed by atoms with van der Waals surface area (Å²) in [5, 5.41) is 7.44. The lowest BCUT2D eigenvalue weighted by Crippen LogP contribution is -2.13. The number of hydrogen-bond donors (Lipinski definition) is 1. The largest absolute Gasteiger partial charge is 0.488 e. The van der Waals surface area contributed by atoms with Crippen molar-refractivity contribution in [3.8, 4) is 17.2 Å². The maximum atomic E-state index is 5.93. The molecule has 0 saturated heterocycles. The summed E-state index contributed by atoms with van der Waals surface area (Å²) in [5.41, 5.74) is 2.09. The molecule has 0 saturated carbocycles. The van der Waals surface area contributed by atoms with Crippen molar-refractivity contribution in [1.29, 1.82) is 0 Å². The number of fused-ring (bicyclic) bond motifs is 1. The molecule has 0 amide bonds. The zero-order valence-electron chi connectivity index (χ0n) is 12.3. The summed E-state index contributed by atoms with van der Waals surface area (Å²) in [4.78, 5) is 0. The Morgan fingerprint density at radius 1 is 1.33 bits per heavy atom. The molecule has 2 heterocycles. The van der Waals surface area contributed by atoms with Gasteiger partial charge < -0.3 is 19.5 Å². The number of hydrogen-bond acceptors (Lipinski definition) is 5. The van der Waals surface area contributed by atoms with Crippen molar-refractivity contribution in [3.05, 3.63) is 35.7 Å². The van der Waals surface area contributed by atoms with E-state index < -0.39 is 0 Å². The molecule has 0 radical (unpaired) electrons. The maximum absolute atomic E-state index is 5.93. The van der Waals surface area contributed by atoms with Gasteiger partial charge in [0.1, 0.15) is 12.4 Å². The van der Waals surface area contributed by atoms with Crippen LogP contribution in [0.1, 0.15) is 18.1 Å². The van der Waals surface area contributed by atoms with E-state index >= 15 is 0 Å². The third kappa shape index (κ3) is 3.11. The van der Waals surface area contributed by atoms with Crippen LogP contribution in [0.3, 0.4) is 0 Å². The van der Waals surface area contributed by atoms with E-state index in [1.807, 2.05) is 25.4 Å². The average molecular weight is 289 g/mol. The third-order valence-electron chi connectivity index (χ3n) is 3.27. The van der Waals surface area contributed by atoms with Gasteiger partial charge in [0, 0.05) is 37.0 Å². The first-order valence-corrected chi connectivity index (χ1v) is 7.00. The van der Waals surface area contributed by atoms with E-state index in [0.29, 0.717) is 6.61 Å². The van der Waals surface area contributed by atoms with Crippen molar-refractivity contribution >= 4 is 0 Å².